The van der Waals surface area contributed by atoms with Crippen LogP contribution in [-0.2, 0) is 9.84 Å². The van der Waals surface area contributed by atoms with Gasteiger partial charge >= 0.3 is 0 Å². The summed E-state index contributed by atoms with van der Waals surface area (Å²) in [5.74, 6) is -0.0433. The van der Waals surface area contributed by atoms with E-state index in [2.05, 4.69) is 5.32 Å². The van der Waals surface area contributed by atoms with Crippen molar-refractivity contribution in [2.24, 2.45) is 0 Å². The summed E-state index contributed by atoms with van der Waals surface area (Å²) in [5, 5.41) is 4.33. The molecule has 2 aromatic rings. The Balaban J connectivity index is 1.97. The van der Waals surface area contributed by atoms with Gasteiger partial charge in [0.15, 0.2) is 9.84 Å². The van der Waals surface area contributed by atoms with Gasteiger partial charge in [0.25, 0.3) is 5.91 Å². The number of carbonyl (C=O) groups excluding carboxylic acids is 1. The fourth-order valence-corrected chi connectivity index (χ4v) is 4.91. The summed E-state index contributed by atoms with van der Waals surface area (Å²) in [6, 6.07) is 9.63. The first-order valence-corrected chi connectivity index (χ1v) is 9.53. The van der Waals surface area contributed by atoms with Crippen molar-refractivity contribution in [3.63, 3.8) is 0 Å². The molecule has 5 heteroatoms. The van der Waals surface area contributed by atoms with Crippen LogP contribution in [0.3, 0.4) is 0 Å². The van der Waals surface area contributed by atoms with E-state index in [4.69, 9.17) is 0 Å². The quantitative estimate of drug-likeness (QED) is 0.920. The summed E-state index contributed by atoms with van der Waals surface area (Å²) < 4.78 is 23.7. The van der Waals surface area contributed by atoms with Crippen molar-refractivity contribution in [3.05, 3.63) is 47.0 Å². The molecule has 1 amide bonds. The zero-order chi connectivity index (χ0) is 16.8. The lowest BCUT2D eigenvalue weighted by Gasteiger charge is -2.18. The Morgan fingerprint density at radius 1 is 1.17 bits per heavy atom. The highest BCUT2D eigenvalue weighted by molar-refractivity contribution is 7.92. The second-order valence-corrected chi connectivity index (χ2v) is 8.90. The third-order valence-electron chi connectivity index (χ3n) is 4.77. The summed E-state index contributed by atoms with van der Waals surface area (Å²) in [7, 11) is -3.07. The van der Waals surface area contributed by atoms with E-state index in [9.17, 15) is 13.2 Å². The number of nitrogens with one attached hydrogen (secondary N) is 1. The lowest BCUT2D eigenvalue weighted by Crippen LogP contribution is -2.40. The molecule has 0 radical (unpaired) electrons. The van der Waals surface area contributed by atoms with Crippen LogP contribution in [0.5, 0.6) is 0 Å². The average Bonchev–Trinajstić information content (AvgIpc) is 2.74. The van der Waals surface area contributed by atoms with Gasteiger partial charge in [-0.2, -0.15) is 0 Å². The molecule has 2 atom stereocenters. The zero-order valence-corrected chi connectivity index (χ0v) is 14.4. The molecule has 1 saturated heterocycles. The van der Waals surface area contributed by atoms with Gasteiger partial charge in [0.05, 0.1) is 16.6 Å². The van der Waals surface area contributed by atoms with Crippen LogP contribution in [-0.4, -0.2) is 31.4 Å². The molecule has 0 spiro atoms. The molecule has 0 bridgehead atoms. The minimum absolute atomic E-state index is 0.146. The minimum Gasteiger partial charge on any atom is -0.348 e. The van der Waals surface area contributed by atoms with Gasteiger partial charge in [0.1, 0.15) is 0 Å². The van der Waals surface area contributed by atoms with E-state index in [1.54, 1.807) is 6.92 Å². The first-order chi connectivity index (χ1) is 10.8. The molecule has 1 fully saturated rings. The fraction of sp³-hybridized carbons (Fsp3) is 0.389. The van der Waals surface area contributed by atoms with Crippen LogP contribution in [0.2, 0.25) is 0 Å². The van der Waals surface area contributed by atoms with Crippen molar-refractivity contribution < 1.29 is 13.2 Å². The molecule has 122 valence electrons. The molecule has 3 rings (SSSR count). The predicted molar refractivity (Wildman–Crippen MR) is 92.5 cm³/mol. The fourth-order valence-electron chi connectivity index (χ4n) is 3.25. The van der Waals surface area contributed by atoms with Gasteiger partial charge in [-0.15, -0.1) is 0 Å². The third kappa shape index (κ3) is 2.85. The number of sulfone groups is 1. The molecule has 0 unspecified atom stereocenters. The molecule has 23 heavy (non-hydrogen) atoms. The smallest absolute Gasteiger partial charge is 0.252 e. The standard InChI is InChI=1S/C18H21NO3S/c1-11-4-7-15-14(10-11)6-5-12(2)17(15)18(20)19-16-8-9-23(21,22)13(16)3/h4-7,10,13,16H,8-9H2,1-3H3,(H,19,20)/t13-,16-/m1/s1. The van der Waals surface area contributed by atoms with Gasteiger partial charge in [-0.3, -0.25) is 4.79 Å². The van der Waals surface area contributed by atoms with E-state index >= 15 is 0 Å². The number of hydrogen-bond donors (Lipinski definition) is 1. The van der Waals surface area contributed by atoms with Crippen LogP contribution in [0.1, 0.15) is 34.8 Å². The Morgan fingerprint density at radius 3 is 2.57 bits per heavy atom. The lowest BCUT2D eigenvalue weighted by atomic mass is 9.97. The number of benzene rings is 2. The highest BCUT2D eigenvalue weighted by atomic mass is 32.2. The van der Waals surface area contributed by atoms with Gasteiger partial charge in [-0.1, -0.05) is 35.9 Å². The second kappa shape index (κ2) is 5.64. The number of hydrogen-bond acceptors (Lipinski definition) is 3. The summed E-state index contributed by atoms with van der Waals surface area (Å²) in [4.78, 5) is 12.8. The van der Waals surface area contributed by atoms with Crippen molar-refractivity contribution >= 4 is 26.5 Å². The Hall–Kier alpha value is -1.88. The predicted octanol–water partition coefficient (Wildman–Crippen LogP) is 2.76. The monoisotopic (exact) mass is 331 g/mol. The Morgan fingerprint density at radius 2 is 1.91 bits per heavy atom. The van der Waals surface area contributed by atoms with Crippen molar-refractivity contribution in [3.8, 4) is 0 Å². The van der Waals surface area contributed by atoms with E-state index in [0.29, 0.717) is 12.0 Å². The normalized spacial score (nSPS) is 23.1. The van der Waals surface area contributed by atoms with Crippen molar-refractivity contribution in [2.75, 3.05) is 5.75 Å². The van der Waals surface area contributed by atoms with Gasteiger partial charge in [-0.25, -0.2) is 8.42 Å². The summed E-state index contributed by atoms with van der Waals surface area (Å²) in [6.07, 6.45) is 0.484. The van der Waals surface area contributed by atoms with E-state index in [-0.39, 0.29) is 17.7 Å². The van der Waals surface area contributed by atoms with Crippen LogP contribution < -0.4 is 5.32 Å². The van der Waals surface area contributed by atoms with Crippen molar-refractivity contribution in [1.82, 2.24) is 5.32 Å². The molecule has 0 aliphatic carbocycles. The highest BCUT2D eigenvalue weighted by Gasteiger charge is 2.37. The average molecular weight is 331 g/mol. The SMILES string of the molecule is Cc1ccc2c(C(=O)N[C@@H]3CCS(=O)(=O)[C@@H]3C)c(C)ccc2c1. The molecule has 0 aromatic heterocycles. The van der Waals surface area contributed by atoms with Gasteiger partial charge in [-0.05, 0) is 43.5 Å². The Bertz CT molecular complexity index is 887. The summed E-state index contributed by atoms with van der Waals surface area (Å²) in [6.45, 7) is 5.60. The largest absolute Gasteiger partial charge is 0.348 e. The van der Waals surface area contributed by atoms with E-state index in [1.807, 2.05) is 44.2 Å². The first-order valence-electron chi connectivity index (χ1n) is 7.82. The van der Waals surface area contributed by atoms with Crippen LogP contribution in [0.25, 0.3) is 10.8 Å². The van der Waals surface area contributed by atoms with Crippen LogP contribution in [0, 0.1) is 13.8 Å². The van der Waals surface area contributed by atoms with E-state index < -0.39 is 15.1 Å². The first kappa shape index (κ1) is 16.0. The van der Waals surface area contributed by atoms with E-state index in [1.165, 1.54) is 0 Å². The highest BCUT2D eigenvalue weighted by Crippen LogP contribution is 2.25. The van der Waals surface area contributed by atoms with Gasteiger partial charge in [0.2, 0.25) is 0 Å². The maximum absolute atomic E-state index is 12.8. The molecular weight excluding hydrogens is 310 g/mol. The van der Waals surface area contributed by atoms with Gasteiger partial charge < -0.3 is 5.32 Å². The molecule has 1 heterocycles. The molecule has 1 aliphatic heterocycles. The molecule has 2 aromatic carbocycles. The van der Waals surface area contributed by atoms with Crippen molar-refractivity contribution in [1.29, 1.82) is 0 Å². The number of aryl methyl sites for hydroxylation is 2. The summed E-state index contributed by atoms with van der Waals surface area (Å²) >= 11 is 0. The number of amides is 1. The number of carbonyl (C=O) groups is 1. The van der Waals surface area contributed by atoms with Crippen LogP contribution in [0.15, 0.2) is 30.3 Å². The van der Waals surface area contributed by atoms with Crippen molar-refractivity contribution in [2.45, 2.75) is 38.5 Å². The maximum Gasteiger partial charge on any atom is 0.252 e. The van der Waals surface area contributed by atoms with Crippen LogP contribution >= 0.6 is 0 Å². The zero-order valence-electron chi connectivity index (χ0n) is 13.6. The Kier molecular flexibility index (Phi) is 3.92. The molecule has 0 saturated carbocycles. The molecule has 1 aliphatic rings. The Labute approximate surface area is 136 Å². The maximum atomic E-state index is 12.8. The molecular formula is C18H21NO3S. The van der Waals surface area contributed by atoms with Crippen LogP contribution in [0.4, 0.5) is 0 Å². The topological polar surface area (TPSA) is 63.2 Å². The summed E-state index contributed by atoms with van der Waals surface area (Å²) in [5.41, 5.74) is 2.68. The number of fused-ring (bicyclic) bond motifs is 1. The van der Waals surface area contributed by atoms with Gasteiger partial charge in [0, 0.05) is 6.04 Å². The third-order valence-corrected chi connectivity index (χ3v) is 7.04. The molecule has 4 nitrogen and oxygen atoms in total. The molecule has 1 N–H and O–H groups in total. The van der Waals surface area contributed by atoms with E-state index in [0.717, 1.165) is 21.9 Å². The second-order valence-electron chi connectivity index (χ2n) is 6.42. The number of rotatable bonds is 2. The lowest BCUT2D eigenvalue weighted by molar-refractivity contribution is 0.0938. The minimum atomic E-state index is -3.07.